The molecule has 0 unspecified atom stereocenters. The van der Waals surface area contributed by atoms with Crippen LogP contribution in [-0.4, -0.2) is 24.9 Å². The summed E-state index contributed by atoms with van der Waals surface area (Å²) in [6, 6.07) is 12.0. The Morgan fingerprint density at radius 2 is 1.67 bits per heavy atom. The average Bonchev–Trinajstić information content (AvgIpc) is 2.61. The normalized spacial score (nSPS) is 11.1. The molecule has 2 aromatic carbocycles. The van der Waals surface area contributed by atoms with Crippen LogP contribution in [0.4, 0.5) is 13.2 Å². The fourth-order valence-electron chi connectivity index (χ4n) is 2.47. The fraction of sp³-hybridized carbons (Fsp3) is 0.300. The lowest BCUT2D eigenvalue weighted by molar-refractivity contribution is -0.137. The number of aryl methyl sites for hydroxylation is 1. The van der Waals surface area contributed by atoms with Gasteiger partial charge in [0.1, 0.15) is 0 Å². The van der Waals surface area contributed by atoms with Gasteiger partial charge in [0.2, 0.25) is 5.91 Å². The van der Waals surface area contributed by atoms with Crippen molar-refractivity contribution in [1.82, 2.24) is 10.6 Å². The highest BCUT2D eigenvalue weighted by atomic mass is 19.4. The summed E-state index contributed by atoms with van der Waals surface area (Å²) < 4.78 is 37.5. The maximum Gasteiger partial charge on any atom is 0.416 e. The Hall–Kier alpha value is -2.83. The second-order valence-electron chi connectivity index (χ2n) is 6.17. The van der Waals surface area contributed by atoms with Crippen molar-refractivity contribution in [2.24, 2.45) is 0 Å². The molecule has 0 bridgehead atoms. The Morgan fingerprint density at radius 1 is 0.963 bits per heavy atom. The number of amides is 2. The van der Waals surface area contributed by atoms with E-state index < -0.39 is 11.7 Å². The lowest BCUT2D eigenvalue weighted by Gasteiger charge is -2.09. The van der Waals surface area contributed by atoms with Crippen LogP contribution >= 0.6 is 0 Å². The Labute approximate surface area is 155 Å². The summed E-state index contributed by atoms with van der Waals surface area (Å²) in [5.41, 5.74) is 1.53. The molecule has 2 aromatic rings. The van der Waals surface area contributed by atoms with E-state index in [1.165, 1.54) is 12.1 Å². The Morgan fingerprint density at radius 3 is 2.30 bits per heavy atom. The van der Waals surface area contributed by atoms with E-state index in [4.69, 9.17) is 0 Å². The average molecular weight is 378 g/mol. The van der Waals surface area contributed by atoms with Crippen molar-refractivity contribution in [2.45, 2.75) is 25.9 Å². The zero-order valence-corrected chi connectivity index (χ0v) is 14.9. The number of hydrogen-bond acceptors (Lipinski definition) is 2. The minimum Gasteiger partial charge on any atom is -0.356 e. The van der Waals surface area contributed by atoms with Crippen molar-refractivity contribution >= 4 is 11.8 Å². The second-order valence-corrected chi connectivity index (χ2v) is 6.17. The first kappa shape index (κ1) is 20.5. The number of rotatable bonds is 7. The van der Waals surface area contributed by atoms with Crippen LogP contribution in [0.3, 0.4) is 0 Å². The Bertz CT molecular complexity index is 787. The monoisotopic (exact) mass is 378 g/mol. The summed E-state index contributed by atoms with van der Waals surface area (Å²) in [6.45, 7) is 2.41. The summed E-state index contributed by atoms with van der Waals surface area (Å²) in [7, 11) is 0. The van der Waals surface area contributed by atoms with Gasteiger partial charge in [-0.25, -0.2) is 0 Å². The van der Waals surface area contributed by atoms with Crippen molar-refractivity contribution in [3.05, 3.63) is 70.8 Å². The largest absolute Gasteiger partial charge is 0.416 e. The standard InChI is InChI=1S/C20H21F3N2O2/c1-14-3-2-4-16(13-14)19(27)25-12-10-18(26)24-11-9-15-5-7-17(8-6-15)20(21,22)23/h2-8,13H,9-12H2,1H3,(H,24,26)(H,25,27). The molecular weight excluding hydrogens is 357 g/mol. The predicted octanol–water partition coefficient (Wildman–Crippen LogP) is 3.49. The summed E-state index contributed by atoms with van der Waals surface area (Å²) in [5, 5.41) is 5.37. The van der Waals surface area contributed by atoms with Crippen LogP contribution in [0.1, 0.15) is 33.5 Å². The lowest BCUT2D eigenvalue weighted by Crippen LogP contribution is -2.31. The number of hydrogen-bond donors (Lipinski definition) is 2. The first-order valence-electron chi connectivity index (χ1n) is 8.53. The maximum atomic E-state index is 12.5. The van der Waals surface area contributed by atoms with Crippen LogP contribution in [0.15, 0.2) is 48.5 Å². The molecule has 0 spiro atoms. The highest BCUT2D eigenvalue weighted by Crippen LogP contribution is 2.29. The molecule has 0 aromatic heterocycles. The van der Waals surface area contributed by atoms with Gasteiger partial charge in [-0.1, -0.05) is 29.8 Å². The van der Waals surface area contributed by atoms with Crippen molar-refractivity contribution in [3.63, 3.8) is 0 Å². The van der Waals surface area contributed by atoms with Crippen LogP contribution in [-0.2, 0) is 17.4 Å². The van der Waals surface area contributed by atoms with Crippen LogP contribution in [0.2, 0.25) is 0 Å². The van der Waals surface area contributed by atoms with Crippen molar-refractivity contribution < 1.29 is 22.8 Å². The highest BCUT2D eigenvalue weighted by Gasteiger charge is 2.29. The Kier molecular flexibility index (Phi) is 6.98. The van der Waals surface area contributed by atoms with Gasteiger partial charge in [0.05, 0.1) is 5.56 Å². The smallest absolute Gasteiger partial charge is 0.356 e. The van der Waals surface area contributed by atoms with E-state index in [2.05, 4.69) is 10.6 Å². The fourth-order valence-corrected chi connectivity index (χ4v) is 2.47. The summed E-state index contributed by atoms with van der Waals surface area (Å²) >= 11 is 0. The molecule has 4 nitrogen and oxygen atoms in total. The molecule has 2 amide bonds. The van der Waals surface area contributed by atoms with E-state index in [1.54, 1.807) is 18.2 Å². The number of nitrogens with one attached hydrogen (secondary N) is 2. The van der Waals surface area contributed by atoms with Crippen LogP contribution in [0, 0.1) is 6.92 Å². The van der Waals surface area contributed by atoms with E-state index in [1.807, 2.05) is 13.0 Å². The van der Waals surface area contributed by atoms with Crippen LogP contribution in [0.5, 0.6) is 0 Å². The quantitative estimate of drug-likeness (QED) is 0.775. The molecule has 0 saturated heterocycles. The molecule has 0 saturated carbocycles. The number of alkyl halides is 3. The third-order valence-corrected chi connectivity index (χ3v) is 3.93. The third kappa shape index (κ3) is 6.77. The minimum atomic E-state index is -4.35. The van der Waals surface area contributed by atoms with Gasteiger partial charge in [-0.3, -0.25) is 9.59 Å². The molecule has 0 radical (unpaired) electrons. The van der Waals surface area contributed by atoms with Gasteiger partial charge >= 0.3 is 6.18 Å². The number of carbonyl (C=O) groups excluding carboxylic acids is 2. The summed E-state index contributed by atoms with van der Waals surface area (Å²) in [6.07, 6.45) is -3.79. The van der Waals surface area contributed by atoms with Gasteiger partial charge in [-0.15, -0.1) is 0 Å². The number of halogens is 3. The van der Waals surface area contributed by atoms with E-state index in [0.717, 1.165) is 17.7 Å². The second kappa shape index (κ2) is 9.21. The van der Waals surface area contributed by atoms with Crippen molar-refractivity contribution in [3.8, 4) is 0 Å². The minimum absolute atomic E-state index is 0.130. The molecule has 0 fully saturated rings. The summed E-state index contributed by atoms with van der Waals surface area (Å²) in [4.78, 5) is 23.7. The molecule has 27 heavy (non-hydrogen) atoms. The highest BCUT2D eigenvalue weighted by molar-refractivity contribution is 5.94. The zero-order chi connectivity index (χ0) is 19.9. The predicted molar refractivity (Wildman–Crippen MR) is 96.3 cm³/mol. The van der Waals surface area contributed by atoms with E-state index >= 15 is 0 Å². The van der Waals surface area contributed by atoms with Crippen molar-refractivity contribution in [1.29, 1.82) is 0 Å². The van der Waals surface area contributed by atoms with Crippen LogP contribution < -0.4 is 10.6 Å². The van der Waals surface area contributed by atoms with Gasteiger partial charge in [0.15, 0.2) is 0 Å². The van der Waals surface area contributed by atoms with Gasteiger partial charge in [0.25, 0.3) is 5.91 Å². The van der Waals surface area contributed by atoms with Crippen LogP contribution in [0.25, 0.3) is 0 Å². The first-order chi connectivity index (χ1) is 12.8. The first-order valence-corrected chi connectivity index (χ1v) is 8.53. The van der Waals surface area contributed by atoms with E-state index in [9.17, 15) is 22.8 Å². The SMILES string of the molecule is Cc1cccc(C(=O)NCCC(=O)NCCc2ccc(C(F)(F)F)cc2)c1. The molecule has 0 aliphatic heterocycles. The van der Waals surface area contributed by atoms with E-state index in [0.29, 0.717) is 24.1 Å². The molecule has 2 N–H and O–H groups in total. The molecule has 0 aliphatic carbocycles. The topological polar surface area (TPSA) is 58.2 Å². The molecule has 144 valence electrons. The Balaban J connectivity index is 1.67. The molecule has 0 heterocycles. The molecule has 2 rings (SSSR count). The summed E-state index contributed by atoms with van der Waals surface area (Å²) in [5.74, 6) is -0.470. The molecular formula is C20H21F3N2O2. The molecule has 0 atom stereocenters. The third-order valence-electron chi connectivity index (χ3n) is 3.93. The van der Waals surface area contributed by atoms with Gasteiger partial charge in [-0.05, 0) is 43.2 Å². The van der Waals surface area contributed by atoms with E-state index in [-0.39, 0.29) is 24.8 Å². The maximum absolute atomic E-state index is 12.5. The number of benzene rings is 2. The lowest BCUT2D eigenvalue weighted by atomic mass is 10.1. The number of carbonyl (C=O) groups is 2. The van der Waals surface area contributed by atoms with Gasteiger partial charge in [-0.2, -0.15) is 13.2 Å². The molecule has 0 aliphatic rings. The van der Waals surface area contributed by atoms with Crippen molar-refractivity contribution in [2.75, 3.05) is 13.1 Å². The zero-order valence-electron chi connectivity index (χ0n) is 14.9. The van der Waals surface area contributed by atoms with Gasteiger partial charge in [0, 0.05) is 25.1 Å². The van der Waals surface area contributed by atoms with Gasteiger partial charge < -0.3 is 10.6 Å². The molecule has 7 heteroatoms.